The molecule has 5 nitrogen and oxygen atoms in total. The van der Waals surface area contributed by atoms with Crippen LogP contribution in [0.25, 0.3) is 5.69 Å². The predicted molar refractivity (Wildman–Crippen MR) is 75.3 cm³/mol. The zero-order chi connectivity index (χ0) is 15.0. The second kappa shape index (κ2) is 5.34. The molecular weight excluding hydrogens is 354 g/mol. The van der Waals surface area contributed by atoms with Gasteiger partial charge >= 0.3 is 5.69 Å². The lowest BCUT2D eigenvalue weighted by Gasteiger charge is -2.10. The normalized spacial score (nSPS) is 10.6. The van der Waals surface area contributed by atoms with E-state index in [1.807, 2.05) is 0 Å². The van der Waals surface area contributed by atoms with Crippen molar-refractivity contribution in [2.45, 2.75) is 6.92 Å². The minimum Gasteiger partial charge on any atom is -0.313 e. The number of benzene rings is 1. The lowest BCUT2D eigenvalue weighted by Crippen LogP contribution is -2.36. The van der Waals surface area contributed by atoms with E-state index in [4.69, 9.17) is 11.6 Å². The topological polar surface area (TPSA) is 71.9 Å². The summed E-state index contributed by atoms with van der Waals surface area (Å²) in [7, 11) is 0. The number of H-pyrrole nitrogens is 1. The molecule has 0 unspecified atom stereocenters. The van der Waals surface area contributed by atoms with Gasteiger partial charge < -0.3 is 4.98 Å². The SMILES string of the molecule is CC(=O)c1c[nH]c(=O)n(-c2c(Cl)cc(F)cc2Br)c1=O. The number of ketones is 1. The second-order valence-electron chi connectivity index (χ2n) is 3.92. The largest absolute Gasteiger partial charge is 0.333 e. The number of nitrogens with one attached hydrogen (secondary N) is 1. The molecule has 0 aliphatic carbocycles. The number of hydrogen-bond donors (Lipinski definition) is 1. The maximum atomic E-state index is 13.2. The summed E-state index contributed by atoms with van der Waals surface area (Å²) in [6.45, 7) is 1.20. The highest BCUT2D eigenvalue weighted by atomic mass is 79.9. The Bertz CT molecular complexity index is 805. The molecule has 0 bridgehead atoms. The van der Waals surface area contributed by atoms with Crippen molar-refractivity contribution < 1.29 is 9.18 Å². The molecule has 0 fully saturated rings. The van der Waals surface area contributed by atoms with E-state index in [0.717, 1.165) is 18.3 Å². The quantitative estimate of drug-likeness (QED) is 0.834. The number of aromatic amines is 1. The van der Waals surface area contributed by atoms with E-state index in [0.29, 0.717) is 4.57 Å². The first-order valence-corrected chi connectivity index (χ1v) is 6.50. The second-order valence-corrected chi connectivity index (χ2v) is 5.18. The zero-order valence-corrected chi connectivity index (χ0v) is 12.4. The van der Waals surface area contributed by atoms with Crippen molar-refractivity contribution in [1.82, 2.24) is 9.55 Å². The monoisotopic (exact) mass is 360 g/mol. The predicted octanol–water partition coefficient (Wildman–Crippen LogP) is 2.28. The third-order valence-electron chi connectivity index (χ3n) is 2.56. The maximum Gasteiger partial charge on any atom is 0.333 e. The lowest BCUT2D eigenvalue weighted by atomic mass is 10.2. The van der Waals surface area contributed by atoms with Crippen LogP contribution in [-0.2, 0) is 0 Å². The highest BCUT2D eigenvalue weighted by Crippen LogP contribution is 2.28. The van der Waals surface area contributed by atoms with E-state index >= 15 is 0 Å². The van der Waals surface area contributed by atoms with Gasteiger partial charge in [0.25, 0.3) is 5.56 Å². The van der Waals surface area contributed by atoms with Crippen LogP contribution in [0.1, 0.15) is 17.3 Å². The van der Waals surface area contributed by atoms with Crippen LogP contribution in [0, 0.1) is 5.82 Å². The molecule has 1 aromatic heterocycles. The minimum atomic E-state index is -0.824. The van der Waals surface area contributed by atoms with Crippen molar-refractivity contribution in [3.8, 4) is 5.69 Å². The summed E-state index contributed by atoms with van der Waals surface area (Å²) < 4.78 is 14.0. The fourth-order valence-corrected chi connectivity index (χ4v) is 2.69. The van der Waals surface area contributed by atoms with Crippen LogP contribution in [0.5, 0.6) is 0 Å². The summed E-state index contributed by atoms with van der Waals surface area (Å²) in [6, 6.07) is 2.03. The van der Waals surface area contributed by atoms with Gasteiger partial charge in [0, 0.05) is 10.7 Å². The molecule has 8 heteroatoms. The zero-order valence-electron chi connectivity index (χ0n) is 10.0. The van der Waals surface area contributed by atoms with E-state index in [2.05, 4.69) is 20.9 Å². The lowest BCUT2D eigenvalue weighted by molar-refractivity contribution is 0.101. The summed E-state index contributed by atoms with van der Waals surface area (Å²) >= 11 is 8.92. The van der Waals surface area contributed by atoms with Crippen LogP contribution < -0.4 is 11.2 Å². The van der Waals surface area contributed by atoms with Gasteiger partial charge in [0.05, 0.1) is 16.3 Å². The van der Waals surface area contributed by atoms with Gasteiger partial charge in [0.2, 0.25) is 0 Å². The highest BCUT2D eigenvalue weighted by molar-refractivity contribution is 9.10. The van der Waals surface area contributed by atoms with Gasteiger partial charge in [-0.15, -0.1) is 0 Å². The summed E-state index contributed by atoms with van der Waals surface area (Å²) in [4.78, 5) is 37.6. The average molecular weight is 362 g/mol. The molecule has 2 rings (SSSR count). The Morgan fingerprint density at radius 3 is 2.60 bits per heavy atom. The van der Waals surface area contributed by atoms with Crippen LogP contribution >= 0.6 is 27.5 Å². The van der Waals surface area contributed by atoms with Crippen LogP contribution in [0.15, 0.2) is 32.4 Å². The number of carbonyl (C=O) groups excluding carboxylic acids is 1. The number of carbonyl (C=O) groups is 1. The van der Waals surface area contributed by atoms with Crippen LogP contribution in [-0.4, -0.2) is 15.3 Å². The Labute approximate surface area is 125 Å². The molecule has 0 spiro atoms. The maximum absolute atomic E-state index is 13.2. The molecule has 2 aromatic rings. The summed E-state index contributed by atoms with van der Waals surface area (Å²) in [5.74, 6) is -1.13. The molecule has 0 radical (unpaired) electrons. The minimum absolute atomic E-state index is 0.0255. The van der Waals surface area contributed by atoms with E-state index in [9.17, 15) is 18.8 Å². The van der Waals surface area contributed by atoms with E-state index in [1.165, 1.54) is 6.92 Å². The number of nitrogens with zero attached hydrogens (tertiary/aromatic N) is 1. The molecule has 20 heavy (non-hydrogen) atoms. The van der Waals surface area contributed by atoms with Crippen LogP contribution in [0.4, 0.5) is 4.39 Å². The van der Waals surface area contributed by atoms with Crippen molar-refractivity contribution in [3.05, 3.63) is 60.0 Å². The standard InChI is InChI=1S/C12H7BrClFN2O3/c1-5(18)7-4-16-12(20)17(11(7)19)10-8(13)2-6(15)3-9(10)14/h2-4H,1H3,(H,16,20). The third-order valence-corrected chi connectivity index (χ3v) is 3.45. The van der Waals surface area contributed by atoms with Gasteiger partial charge in [-0.1, -0.05) is 11.6 Å². The third kappa shape index (κ3) is 2.46. The van der Waals surface area contributed by atoms with Gasteiger partial charge in [-0.05, 0) is 35.0 Å². The van der Waals surface area contributed by atoms with Crippen molar-refractivity contribution >= 4 is 33.3 Å². The number of hydrogen-bond acceptors (Lipinski definition) is 3. The molecule has 0 saturated carbocycles. The Kier molecular flexibility index (Phi) is 3.92. The highest BCUT2D eigenvalue weighted by Gasteiger charge is 2.17. The molecule has 1 heterocycles. The molecule has 1 aromatic carbocycles. The number of halogens is 3. The van der Waals surface area contributed by atoms with Crippen LogP contribution in [0.3, 0.4) is 0 Å². The summed E-state index contributed by atoms with van der Waals surface area (Å²) in [6.07, 6.45) is 1.04. The first-order valence-electron chi connectivity index (χ1n) is 5.33. The molecule has 0 aliphatic rings. The van der Waals surface area contributed by atoms with Crippen molar-refractivity contribution in [1.29, 1.82) is 0 Å². The van der Waals surface area contributed by atoms with Crippen molar-refractivity contribution in [2.24, 2.45) is 0 Å². The Hall–Kier alpha value is -1.73. The van der Waals surface area contributed by atoms with Crippen LogP contribution in [0.2, 0.25) is 5.02 Å². The Balaban J connectivity index is 2.91. The van der Waals surface area contributed by atoms with Gasteiger partial charge in [-0.3, -0.25) is 9.59 Å². The molecule has 0 atom stereocenters. The van der Waals surface area contributed by atoms with Gasteiger partial charge in [0.1, 0.15) is 5.82 Å². The van der Waals surface area contributed by atoms with Gasteiger partial charge in [-0.25, -0.2) is 13.8 Å². The summed E-state index contributed by atoms with van der Waals surface area (Å²) in [5.41, 5.74) is -1.83. The first kappa shape index (κ1) is 14.7. The number of aromatic nitrogens is 2. The number of Topliss-reactive ketones (excluding diaryl/α,β-unsaturated/α-hetero) is 1. The van der Waals surface area contributed by atoms with Crippen molar-refractivity contribution in [3.63, 3.8) is 0 Å². The van der Waals surface area contributed by atoms with Crippen molar-refractivity contribution in [2.75, 3.05) is 0 Å². The Morgan fingerprint density at radius 1 is 1.40 bits per heavy atom. The van der Waals surface area contributed by atoms with E-state index in [-0.39, 0.29) is 20.7 Å². The average Bonchev–Trinajstić information content (AvgIpc) is 2.31. The summed E-state index contributed by atoms with van der Waals surface area (Å²) in [5, 5.41) is -0.134. The fourth-order valence-electron chi connectivity index (χ4n) is 1.68. The van der Waals surface area contributed by atoms with E-state index < -0.39 is 22.8 Å². The van der Waals surface area contributed by atoms with E-state index in [1.54, 1.807) is 0 Å². The molecule has 104 valence electrons. The molecule has 0 amide bonds. The Morgan fingerprint density at radius 2 is 2.05 bits per heavy atom. The van der Waals surface area contributed by atoms with Gasteiger partial charge in [0.15, 0.2) is 5.78 Å². The molecular formula is C12H7BrClFN2O3. The number of rotatable bonds is 2. The molecule has 0 aliphatic heterocycles. The fraction of sp³-hybridized carbons (Fsp3) is 0.0833. The smallest absolute Gasteiger partial charge is 0.313 e. The van der Waals surface area contributed by atoms with Gasteiger partial charge in [-0.2, -0.15) is 0 Å². The molecule has 0 saturated heterocycles. The molecule has 1 N–H and O–H groups in total. The first-order chi connectivity index (χ1) is 9.32.